The molecule has 2 aromatic rings. The number of thioether (sulfide) groups is 1. The number of unbranched alkanes of at least 4 members (excludes halogenated alkanes) is 2. The summed E-state index contributed by atoms with van der Waals surface area (Å²) >= 11 is 12.2. The summed E-state index contributed by atoms with van der Waals surface area (Å²) in [6.45, 7) is 0.453. The van der Waals surface area contributed by atoms with E-state index >= 15 is 0 Å². The van der Waals surface area contributed by atoms with Gasteiger partial charge < -0.3 is 9.52 Å². The number of carboxylic acid groups (broad SMARTS) is 1. The molecule has 0 aliphatic carbocycles. The summed E-state index contributed by atoms with van der Waals surface area (Å²) in [5, 5.41) is 8.69. The van der Waals surface area contributed by atoms with E-state index in [0.717, 1.165) is 0 Å². The van der Waals surface area contributed by atoms with Gasteiger partial charge in [-0.15, -0.1) is 0 Å². The third-order valence-electron chi connectivity index (χ3n) is 4.25. The number of thiocarbonyl (C=S) groups is 1. The Morgan fingerprint density at radius 3 is 2.79 bits per heavy atom. The lowest BCUT2D eigenvalue weighted by Gasteiger charge is -2.13. The average molecular weight is 454 g/mol. The van der Waals surface area contributed by atoms with Gasteiger partial charge in [-0.25, -0.2) is 4.39 Å². The molecule has 5 nitrogen and oxygen atoms in total. The van der Waals surface area contributed by atoms with Gasteiger partial charge in [-0.1, -0.05) is 42.0 Å². The molecule has 3 rings (SSSR count). The van der Waals surface area contributed by atoms with E-state index in [4.69, 9.17) is 33.3 Å². The molecule has 152 valence electrons. The fraction of sp³-hybridized carbons (Fsp3) is 0.250. The van der Waals surface area contributed by atoms with Crippen LogP contribution in [-0.4, -0.2) is 32.7 Å². The van der Waals surface area contributed by atoms with Crippen LogP contribution in [0.5, 0.6) is 0 Å². The van der Waals surface area contributed by atoms with Crippen molar-refractivity contribution in [2.24, 2.45) is 0 Å². The lowest BCUT2D eigenvalue weighted by Crippen LogP contribution is -2.29. The van der Waals surface area contributed by atoms with Crippen LogP contribution in [-0.2, 0) is 9.59 Å². The third-order valence-corrected chi connectivity index (χ3v) is 5.93. The topological polar surface area (TPSA) is 70.8 Å². The highest BCUT2D eigenvalue weighted by Gasteiger charge is 2.31. The second-order valence-electron chi connectivity index (χ2n) is 6.37. The van der Waals surface area contributed by atoms with E-state index in [1.54, 1.807) is 24.3 Å². The van der Waals surface area contributed by atoms with Gasteiger partial charge in [-0.05, 0) is 43.2 Å². The summed E-state index contributed by atoms with van der Waals surface area (Å²) in [5.41, 5.74) is 0.542. The first-order valence-electron chi connectivity index (χ1n) is 8.87. The normalized spacial score (nSPS) is 15.5. The smallest absolute Gasteiger partial charge is 0.303 e. The van der Waals surface area contributed by atoms with Crippen molar-refractivity contribution in [1.82, 2.24) is 4.90 Å². The highest BCUT2D eigenvalue weighted by atomic mass is 35.5. The standard InChI is InChI=1S/C20H17ClFNO4S2/c21-14-7-5-12(10-15(14)22)16-8-6-13(27-16)11-17-19(26)23(20(28)29-17)9-3-1-2-4-18(24)25/h5-8,10-11H,1-4,9H2,(H,24,25)/b17-11-. The molecule has 1 aliphatic rings. The van der Waals surface area contributed by atoms with Gasteiger partial charge in [0.15, 0.2) is 0 Å². The van der Waals surface area contributed by atoms with E-state index in [-0.39, 0.29) is 17.4 Å². The molecule has 1 N–H and O–H groups in total. The molecule has 1 aromatic heterocycles. The molecule has 9 heteroatoms. The van der Waals surface area contributed by atoms with Crippen LogP contribution in [0.3, 0.4) is 0 Å². The summed E-state index contributed by atoms with van der Waals surface area (Å²) in [4.78, 5) is 25.1. The Morgan fingerprint density at radius 2 is 2.07 bits per heavy atom. The van der Waals surface area contributed by atoms with E-state index in [0.29, 0.717) is 52.1 Å². The fourth-order valence-electron chi connectivity index (χ4n) is 2.78. The number of carboxylic acids is 1. The molecular formula is C20H17ClFNO4S2. The third kappa shape index (κ3) is 5.46. The molecule has 1 fully saturated rings. The molecule has 0 spiro atoms. The van der Waals surface area contributed by atoms with E-state index in [1.807, 2.05) is 0 Å². The molecule has 1 saturated heterocycles. The van der Waals surface area contributed by atoms with E-state index in [2.05, 4.69) is 0 Å². The van der Waals surface area contributed by atoms with Crippen LogP contribution in [0.4, 0.5) is 4.39 Å². The lowest BCUT2D eigenvalue weighted by molar-refractivity contribution is -0.137. The zero-order valence-corrected chi connectivity index (χ0v) is 17.6. The number of aliphatic carboxylic acids is 1. The van der Waals surface area contributed by atoms with Gasteiger partial charge in [0.1, 0.15) is 21.7 Å². The van der Waals surface area contributed by atoms with Crippen molar-refractivity contribution in [3.63, 3.8) is 0 Å². The number of hydrogen-bond donors (Lipinski definition) is 1. The van der Waals surface area contributed by atoms with Gasteiger partial charge in [-0.3, -0.25) is 14.5 Å². The highest BCUT2D eigenvalue weighted by molar-refractivity contribution is 8.26. The SMILES string of the molecule is O=C(O)CCCCCN1C(=O)/C(=C/c2ccc(-c3ccc(Cl)c(F)c3)o2)SC1=S. The number of furan rings is 1. The van der Waals surface area contributed by atoms with Gasteiger partial charge in [0.05, 0.1) is 9.93 Å². The molecular weight excluding hydrogens is 437 g/mol. The van der Waals surface area contributed by atoms with Crippen molar-refractivity contribution in [2.75, 3.05) is 6.54 Å². The van der Waals surface area contributed by atoms with Crippen LogP contribution < -0.4 is 0 Å². The Kier molecular flexibility index (Phi) is 7.10. The Labute approximate surface area is 181 Å². The maximum absolute atomic E-state index is 13.6. The summed E-state index contributed by atoms with van der Waals surface area (Å²) in [6, 6.07) is 7.78. The van der Waals surface area contributed by atoms with Crippen molar-refractivity contribution in [3.05, 3.63) is 51.8 Å². The maximum Gasteiger partial charge on any atom is 0.303 e. The summed E-state index contributed by atoms with van der Waals surface area (Å²) in [6.07, 6.45) is 3.69. The lowest BCUT2D eigenvalue weighted by atomic mass is 10.2. The summed E-state index contributed by atoms with van der Waals surface area (Å²) in [7, 11) is 0. The van der Waals surface area contributed by atoms with Crippen molar-refractivity contribution in [3.8, 4) is 11.3 Å². The van der Waals surface area contributed by atoms with Crippen molar-refractivity contribution in [1.29, 1.82) is 0 Å². The molecule has 2 heterocycles. The van der Waals surface area contributed by atoms with Crippen LogP contribution in [0, 0.1) is 5.82 Å². The minimum atomic E-state index is -0.822. The monoisotopic (exact) mass is 453 g/mol. The molecule has 0 atom stereocenters. The predicted molar refractivity (Wildman–Crippen MR) is 115 cm³/mol. The van der Waals surface area contributed by atoms with Gasteiger partial charge in [0.25, 0.3) is 5.91 Å². The first-order valence-corrected chi connectivity index (χ1v) is 10.5. The second kappa shape index (κ2) is 9.56. The number of benzene rings is 1. The summed E-state index contributed by atoms with van der Waals surface area (Å²) in [5.74, 6) is -0.643. The van der Waals surface area contributed by atoms with Gasteiger partial charge in [-0.2, -0.15) is 0 Å². The predicted octanol–water partition coefficient (Wildman–Crippen LogP) is 5.59. The number of hydrogen-bond acceptors (Lipinski definition) is 5. The summed E-state index contributed by atoms with van der Waals surface area (Å²) < 4.78 is 19.8. The minimum Gasteiger partial charge on any atom is -0.481 e. The average Bonchev–Trinajstić information content (AvgIpc) is 3.23. The van der Waals surface area contributed by atoms with Crippen LogP contribution in [0.25, 0.3) is 17.4 Å². The van der Waals surface area contributed by atoms with Gasteiger partial charge >= 0.3 is 5.97 Å². The molecule has 1 aliphatic heterocycles. The van der Waals surface area contributed by atoms with Crippen molar-refractivity contribution in [2.45, 2.75) is 25.7 Å². The van der Waals surface area contributed by atoms with Gasteiger partial charge in [0.2, 0.25) is 0 Å². The Balaban J connectivity index is 1.64. The number of rotatable bonds is 8. The van der Waals surface area contributed by atoms with Crippen LogP contribution in [0.15, 0.2) is 39.7 Å². The maximum atomic E-state index is 13.6. The van der Waals surface area contributed by atoms with E-state index < -0.39 is 11.8 Å². The zero-order chi connectivity index (χ0) is 21.0. The molecule has 1 aromatic carbocycles. The molecule has 0 unspecified atom stereocenters. The first kappa shape index (κ1) is 21.5. The number of carbonyl (C=O) groups is 2. The zero-order valence-electron chi connectivity index (χ0n) is 15.2. The highest BCUT2D eigenvalue weighted by Crippen LogP contribution is 2.34. The number of nitrogens with zero attached hydrogens (tertiary/aromatic N) is 1. The number of halogens is 2. The molecule has 0 radical (unpaired) electrons. The minimum absolute atomic E-state index is 0.0344. The number of amides is 1. The second-order valence-corrected chi connectivity index (χ2v) is 8.45. The molecule has 0 bridgehead atoms. The van der Waals surface area contributed by atoms with E-state index in [1.165, 1.54) is 28.8 Å². The Morgan fingerprint density at radius 1 is 1.28 bits per heavy atom. The largest absolute Gasteiger partial charge is 0.481 e. The Bertz CT molecular complexity index is 989. The molecule has 29 heavy (non-hydrogen) atoms. The quantitative estimate of drug-likeness (QED) is 0.319. The van der Waals surface area contributed by atoms with Gasteiger partial charge in [0, 0.05) is 24.6 Å². The van der Waals surface area contributed by atoms with Crippen LogP contribution in [0.1, 0.15) is 31.4 Å². The van der Waals surface area contributed by atoms with Crippen molar-refractivity contribution < 1.29 is 23.5 Å². The fourth-order valence-corrected chi connectivity index (χ4v) is 4.19. The molecule has 0 saturated carbocycles. The first-order chi connectivity index (χ1) is 13.8. The van der Waals surface area contributed by atoms with E-state index in [9.17, 15) is 14.0 Å². The van der Waals surface area contributed by atoms with Crippen LogP contribution in [0.2, 0.25) is 5.02 Å². The Hall–Kier alpha value is -2.16. The molecule has 1 amide bonds. The van der Waals surface area contributed by atoms with Crippen molar-refractivity contribution >= 4 is 57.9 Å². The number of carbonyl (C=O) groups excluding carboxylic acids is 1. The van der Waals surface area contributed by atoms with Crippen LogP contribution >= 0.6 is 35.6 Å².